The number of ether oxygens (including phenoxy) is 1. The molecule has 100 valence electrons. The summed E-state index contributed by atoms with van der Waals surface area (Å²) in [6, 6.07) is 10.2. The summed E-state index contributed by atoms with van der Waals surface area (Å²) < 4.78 is 5.82. The Morgan fingerprint density at radius 3 is 2.53 bits per heavy atom. The van der Waals surface area contributed by atoms with Crippen LogP contribution in [0.25, 0.3) is 0 Å². The summed E-state index contributed by atoms with van der Waals surface area (Å²) >= 11 is 0. The molecule has 0 aliphatic carbocycles. The van der Waals surface area contributed by atoms with Crippen molar-refractivity contribution in [3.05, 3.63) is 58.4 Å². The molecule has 19 heavy (non-hydrogen) atoms. The molecule has 0 bridgehead atoms. The predicted molar refractivity (Wildman–Crippen MR) is 77.1 cm³/mol. The van der Waals surface area contributed by atoms with Crippen molar-refractivity contribution in [1.82, 2.24) is 4.98 Å². The van der Waals surface area contributed by atoms with Crippen molar-refractivity contribution in [3.63, 3.8) is 0 Å². The number of hydrogen-bond donors (Lipinski definition) is 1. The SMILES string of the molecule is Cc1ccc(OCc2ccc(C)c(C)c2)c(CN)n1. The second-order valence-electron chi connectivity index (χ2n) is 4.81. The molecule has 0 saturated heterocycles. The summed E-state index contributed by atoms with van der Waals surface area (Å²) in [7, 11) is 0. The normalized spacial score (nSPS) is 10.5. The number of hydrogen-bond acceptors (Lipinski definition) is 3. The third kappa shape index (κ3) is 3.32. The van der Waals surface area contributed by atoms with Crippen LogP contribution in [-0.4, -0.2) is 4.98 Å². The first-order valence-corrected chi connectivity index (χ1v) is 6.45. The number of aryl methyl sites for hydroxylation is 3. The van der Waals surface area contributed by atoms with Crippen molar-refractivity contribution in [2.75, 3.05) is 0 Å². The lowest BCUT2D eigenvalue weighted by atomic mass is 10.1. The van der Waals surface area contributed by atoms with Crippen LogP contribution in [0.5, 0.6) is 5.75 Å². The zero-order valence-electron chi connectivity index (χ0n) is 11.7. The molecule has 2 rings (SSSR count). The molecule has 0 amide bonds. The van der Waals surface area contributed by atoms with Crippen LogP contribution >= 0.6 is 0 Å². The summed E-state index contributed by atoms with van der Waals surface area (Å²) in [6.07, 6.45) is 0. The van der Waals surface area contributed by atoms with Gasteiger partial charge in [-0.05, 0) is 49.6 Å². The van der Waals surface area contributed by atoms with Crippen LogP contribution in [0.2, 0.25) is 0 Å². The number of rotatable bonds is 4. The molecule has 1 aromatic heterocycles. The zero-order valence-corrected chi connectivity index (χ0v) is 11.7. The Kier molecular flexibility index (Phi) is 4.17. The van der Waals surface area contributed by atoms with Gasteiger partial charge in [0.05, 0.1) is 5.69 Å². The highest BCUT2D eigenvalue weighted by Crippen LogP contribution is 2.18. The van der Waals surface area contributed by atoms with Gasteiger partial charge in [-0.1, -0.05) is 18.2 Å². The zero-order chi connectivity index (χ0) is 13.8. The fourth-order valence-electron chi connectivity index (χ4n) is 1.93. The molecule has 3 heteroatoms. The molecular formula is C16H20N2O. The maximum atomic E-state index is 5.82. The Morgan fingerprint density at radius 1 is 1.05 bits per heavy atom. The molecule has 0 aliphatic heterocycles. The van der Waals surface area contributed by atoms with Gasteiger partial charge in [0, 0.05) is 12.2 Å². The Balaban J connectivity index is 2.12. The molecule has 1 heterocycles. The summed E-state index contributed by atoms with van der Waals surface area (Å²) in [6.45, 7) is 7.10. The van der Waals surface area contributed by atoms with E-state index in [9.17, 15) is 0 Å². The van der Waals surface area contributed by atoms with Gasteiger partial charge in [-0.2, -0.15) is 0 Å². The molecule has 1 aromatic carbocycles. The van der Waals surface area contributed by atoms with Crippen molar-refractivity contribution in [3.8, 4) is 5.75 Å². The lowest BCUT2D eigenvalue weighted by molar-refractivity contribution is 0.301. The Hall–Kier alpha value is -1.87. The number of pyridine rings is 1. The number of benzene rings is 1. The topological polar surface area (TPSA) is 48.1 Å². The highest BCUT2D eigenvalue weighted by molar-refractivity contribution is 5.32. The summed E-state index contributed by atoms with van der Waals surface area (Å²) in [5.41, 5.74) is 11.2. The Morgan fingerprint density at radius 2 is 1.84 bits per heavy atom. The van der Waals surface area contributed by atoms with Gasteiger partial charge in [0.15, 0.2) is 0 Å². The maximum absolute atomic E-state index is 5.82. The fraction of sp³-hybridized carbons (Fsp3) is 0.312. The first kappa shape index (κ1) is 13.6. The minimum atomic E-state index is 0.393. The van der Waals surface area contributed by atoms with Gasteiger partial charge < -0.3 is 10.5 Å². The summed E-state index contributed by atoms with van der Waals surface area (Å²) in [5.74, 6) is 0.770. The van der Waals surface area contributed by atoms with Crippen LogP contribution in [-0.2, 0) is 13.2 Å². The predicted octanol–water partition coefficient (Wildman–Crippen LogP) is 3.04. The van der Waals surface area contributed by atoms with E-state index in [0.29, 0.717) is 13.2 Å². The summed E-state index contributed by atoms with van der Waals surface area (Å²) in [4.78, 5) is 4.39. The monoisotopic (exact) mass is 256 g/mol. The van der Waals surface area contributed by atoms with Crippen LogP contribution < -0.4 is 10.5 Å². The van der Waals surface area contributed by atoms with Crippen LogP contribution in [0.3, 0.4) is 0 Å². The van der Waals surface area contributed by atoms with Gasteiger partial charge >= 0.3 is 0 Å². The lowest BCUT2D eigenvalue weighted by Gasteiger charge is -2.11. The maximum Gasteiger partial charge on any atom is 0.142 e. The average molecular weight is 256 g/mol. The molecule has 3 nitrogen and oxygen atoms in total. The van der Waals surface area contributed by atoms with E-state index in [4.69, 9.17) is 10.5 Å². The van der Waals surface area contributed by atoms with Crippen LogP contribution in [0, 0.1) is 20.8 Å². The first-order valence-electron chi connectivity index (χ1n) is 6.45. The van der Waals surface area contributed by atoms with Gasteiger partial charge in [0.1, 0.15) is 12.4 Å². The number of aromatic nitrogens is 1. The largest absolute Gasteiger partial charge is 0.487 e. The molecular weight excluding hydrogens is 236 g/mol. The second-order valence-corrected chi connectivity index (χ2v) is 4.81. The van der Waals surface area contributed by atoms with Crippen molar-refractivity contribution in [2.45, 2.75) is 33.9 Å². The van der Waals surface area contributed by atoms with Gasteiger partial charge in [-0.3, -0.25) is 4.98 Å². The molecule has 0 spiro atoms. The molecule has 2 aromatic rings. The summed E-state index contributed by atoms with van der Waals surface area (Å²) in [5, 5.41) is 0. The number of nitrogens with two attached hydrogens (primary N) is 1. The van der Waals surface area contributed by atoms with E-state index in [0.717, 1.165) is 22.7 Å². The first-order chi connectivity index (χ1) is 9.10. The van der Waals surface area contributed by atoms with Crippen LogP contribution in [0.15, 0.2) is 30.3 Å². The van der Waals surface area contributed by atoms with Gasteiger partial charge in [0.25, 0.3) is 0 Å². The van der Waals surface area contributed by atoms with Crippen molar-refractivity contribution in [2.24, 2.45) is 5.73 Å². The minimum absolute atomic E-state index is 0.393. The smallest absolute Gasteiger partial charge is 0.142 e. The minimum Gasteiger partial charge on any atom is -0.487 e. The molecule has 0 atom stereocenters. The van der Waals surface area contributed by atoms with Crippen molar-refractivity contribution in [1.29, 1.82) is 0 Å². The van der Waals surface area contributed by atoms with Crippen molar-refractivity contribution < 1.29 is 4.74 Å². The van der Waals surface area contributed by atoms with E-state index < -0.39 is 0 Å². The standard InChI is InChI=1S/C16H20N2O/c1-11-4-6-14(8-12(11)2)10-19-16-7-5-13(3)18-15(16)9-17/h4-8H,9-10,17H2,1-3H3. The molecule has 0 aliphatic rings. The molecule has 0 unspecified atom stereocenters. The van der Waals surface area contributed by atoms with E-state index in [2.05, 4.69) is 37.0 Å². The fourth-order valence-corrected chi connectivity index (χ4v) is 1.93. The van der Waals surface area contributed by atoms with Gasteiger partial charge in [0.2, 0.25) is 0 Å². The lowest BCUT2D eigenvalue weighted by Crippen LogP contribution is -2.06. The van der Waals surface area contributed by atoms with E-state index in [1.54, 1.807) is 0 Å². The van der Waals surface area contributed by atoms with Gasteiger partial charge in [-0.25, -0.2) is 0 Å². The van der Waals surface area contributed by atoms with Crippen LogP contribution in [0.1, 0.15) is 28.1 Å². The quantitative estimate of drug-likeness (QED) is 0.914. The third-order valence-electron chi connectivity index (χ3n) is 3.23. The molecule has 2 N–H and O–H groups in total. The number of nitrogens with zero attached hydrogens (tertiary/aromatic N) is 1. The van der Waals surface area contributed by atoms with E-state index in [1.165, 1.54) is 11.1 Å². The van der Waals surface area contributed by atoms with Gasteiger partial charge in [-0.15, -0.1) is 0 Å². The van der Waals surface area contributed by atoms with Crippen LogP contribution in [0.4, 0.5) is 0 Å². The molecule has 0 fully saturated rings. The van der Waals surface area contributed by atoms with Crippen molar-refractivity contribution >= 4 is 0 Å². The Labute approximate surface area is 114 Å². The highest BCUT2D eigenvalue weighted by atomic mass is 16.5. The van der Waals surface area contributed by atoms with E-state index in [-0.39, 0.29) is 0 Å². The van der Waals surface area contributed by atoms with E-state index >= 15 is 0 Å². The highest BCUT2D eigenvalue weighted by Gasteiger charge is 2.05. The third-order valence-corrected chi connectivity index (χ3v) is 3.23. The molecule has 0 saturated carbocycles. The second kappa shape index (κ2) is 5.85. The van der Waals surface area contributed by atoms with E-state index in [1.807, 2.05) is 19.1 Å². The molecule has 0 radical (unpaired) electrons. The average Bonchev–Trinajstić information content (AvgIpc) is 2.41. The Bertz CT molecular complexity index is 579.